The molecule has 30 heavy (non-hydrogen) atoms. The smallest absolute Gasteiger partial charge is 0.237 e. The van der Waals surface area contributed by atoms with Gasteiger partial charge in [-0.25, -0.2) is 22.8 Å². The number of hydrogen-bond donors (Lipinski definition) is 1. The van der Waals surface area contributed by atoms with Gasteiger partial charge in [0.15, 0.2) is 9.84 Å². The first-order valence-corrected chi connectivity index (χ1v) is 12.5. The van der Waals surface area contributed by atoms with Crippen molar-refractivity contribution in [2.24, 2.45) is 0 Å². The van der Waals surface area contributed by atoms with Gasteiger partial charge >= 0.3 is 0 Å². The molecule has 2 aliphatic heterocycles. The van der Waals surface area contributed by atoms with Crippen molar-refractivity contribution < 1.29 is 17.6 Å². The van der Waals surface area contributed by atoms with Crippen LogP contribution in [0.1, 0.15) is 11.3 Å². The van der Waals surface area contributed by atoms with E-state index in [-0.39, 0.29) is 16.5 Å². The standard InChI is InChI=1S/C19H22FN5O3S2/c1-30(27,28)13-2-3-17(15(20)8-13)23-19-14-9-24(5-4-16(14)21-11-22-19)10-18(26)25-6-7-29-12-25/h2-3,8,11H,4-7,9-10,12H2,1H3,(H,21,22,23). The second-order valence-corrected chi connectivity index (χ2v) is 10.4. The summed E-state index contributed by atoms with van der Waals surface area (Å²) in [5.74, 6) is 1.60. The Kier molecular flexibility index (Phi) is 5.94. The number of sulfone groups is 1. The first-order chi connectivity index (χ1) is 14.3. The van der Waals surface area contributed by atoms with E-state index in [1.807, 2.05) is 9.80 Å². The fourth-order valence-corrected chi connectivity index (χ4v) is 5.10. The van der Waals surface area contributed by atoms with Crippen LogP contribution < -0.4 is 5.32 Å². The maximum Gasteiger partial charge on any atom is 0.237 e. The molecular formula is C19H22FN5O3S2. The monoisotopic (exact) mass is 451 g/mol. The first-order valence-electron chi connectivity index (χ1n) is 9.48. The van der Waals surface area contributed by atoms with Crippen LogP contribution in [0.2, 0.25) is 0 Å². The summed E-state index contributed by atoms with van der Waals surface area (Å²) in [6, 6.07) is 3.73. The third-order valence-electron chi connectivity index (χ3n) is 5.17. The van der Waals surface area contributed by atoms with E-state index in [1.54, 1.807) is 11.8 Å². The number of carbonyl (C=O) groups is 1. The molecule has 8 nitrogen and oxygen atoms in total. The molecule has 0 atom stereocenters. The molecule has 3 heterocycles. The van der Waals surface area contributed by atoms with Crippen molar-refractivity contribution in [3.8, 4) is 0 Å². The highest BCUT2D eigenvalue weighted by atomic mass is 32.2. The summed E-state index contributed by atoms with van der Waals surface area (Å²) >= 11 is 1.75. The van der Waals surface area contributed by atoms with Crippen molar-refractivity contribution in [1.82, 2.24) is 19.8 Å². The van der Waals surface area contributed by atoms with E-state index in [0.29, 0.717) is 31.9 Å². The van der Waals surface area contributed by atoms with Crippen molar-refractivity contribution in [3.63, 3.8) is 0 Å². The SMILES string of the molecule is CS(=O)(=O)c1ccc(Nc2ncnc3c2CN(CC(=O)N2CCSC2)CC3)c(F)c1. The van der Waals surface area contributed by atoms with E-state index in [2.05, 4.69) is 15.3 Å². The van der Waals surface area contributed by atoms with Gasteiger partial charge in [0.1, 0.15) is 18.0 Å². The van der Waals surface area contributed by atoms with Gasteiger partial charge in [-0.3, -0.25) is 9.69 Å². The molecule has 2 aliphatic rings. The molecule has 2 aromatic rings. The predicted octanol–water partition coefficient (Wildman–Crippen LogP) is 1.65. The van der Waals surface area contributed by atoms with Crippen LogP contribution in [0, 0.1) is 5.82 Å². The van der Waals surface area contributed by atoms with Gasteiger partial charge in [-0.1, -0.05) is 0 Å². The first kappa shape index (κ1) is 21.0. The Morgan fingerprint density at radius 2 is 2.13 bits per heavy atom. The van der Waals surface area contributed by atoms with Crippen molar-refractivity contribution in [3.05, 3.63) is 41.6 Å². The zero-order valence-electron chi connectivity index (χ0n) is 16.5. The zero-order valence-corrected chi connectivity index (χ0v) is 18.1. The predicted molar refractivity (Wildman–Crippen MR) is 113 cm³/mol. The molecule has 160 valence electrons. The van der Waals surface area contributed by atoms with Gasteiger partial charge in [-0.05, 0) is 18.2 Å². The number of amides is 1. The van der Waals surface area contributed by atoms with Gasteiger partial charge < -0.3 is 10.2 Å². The molecule has 0 aliphatic carbocycles. The molecule has 1 aromatic heterocycles. The highest BCUT2D eigenvalue weighted by Crippen LogP contribution is 2.28. The summed E-state index contributed by atoms with van der Waals surface area (Å²) in [6.07, 6.45) is 3.13. The van der Waals surface area contributed by atoms with E-state index in [9.17, 15) is 17.6 Å². The summed E-state index contributed by atoms with van der Waals surface area (Å²) in [4.78, 5) is 24.9. The molecule has 1 aromatic carbocycles. The molecular weight excluding hydrogens is 429 g/mol. The quantitative estimate of drug-likeness (QED) is 0.733. The second kappa shape index (κ2) is 8.48. The number of halogens is 1. The summed E-state index contributed by atoms with van der Waals surface area (Å²) in [5, 5.41) is 2.96. The number of fused-ring (bicyclic) bond motifs is 1. The number of nitrogens with zero attached hydrogens (tertiary/aromatic N) is 4. The normalized spacial score (nSPS) is 17.1. The number of thioether (sulfide) groups is 1. The van der Waals surface area contributed by atoms with Crippen LogP contribution in [0.25, 0.3) is 0 Å². The van der Waals surface area contributed by atoms with Crippen LogP contribution in [0.4, 0.5) is 15.9 Å². The number of aromatic nitrogens is 2. The van der Waals surface area contributed by atoms with Crippen LogP contribution in [0.3, 0.4) is 0 Å². The van der Waals surface area contributed by atoms with E-state index in [1.165, 1.54) is 18.5 Å². The van der Waals surface area contributed by atoms with Crippen molar-refractivity contribution >= 4 is 39.0 Å². The number of carbonyl (C=O) groups excluding carboxylic acids is 1. The van der Waals surface area contributed by atoms with Crippen LogP contribution in [0.5, 0.6) is 0 Å². The summed E-state index contributed by atoms with van der Waals surface area (Å²) in [6.45, 7) is 2.31. The minimum Gasteiger partial charge on any atom is -0.337 e. The fourth-order valence-electron chi connectivity index (χ4n) is 3.50. The number of benzene rings is 1. The summed E-state index contributed by atoms with van der Waals surface area (Å²) < 4.78 is 37.7. The third kappa shape index (κ3) is 4.57. The fraction of sp³-hybridized carbons (Fsp3) is 0.421. The second-order valence-electron chi connectivity index (χ2n) is 7.34. The number of hydrogen-bond acceptors (Lipinski definition) is 8. The maximum absolute atomic E-state index is 14.5. The lowest BCUT2D eigenvalue weighted by Gasteiger charge is -2.29. The Morgan fingerprint density at radius 1 is 1.30 bits per heavy atom. The lowest BCUT2D eigenvalue weighted by molar-refractivity contribution is -0.131. The van der Waals surface area contributed by atoms with Crippen molar-refractivity contribution in [2.45, 2.75) is 17.9 Å². The van der Waals surface area contributed by atoms with E-state index in [4.69, 9.17) is 0 Å². The Balaban J connectivity index is 1.52. The highest BCUT2D eigenvalue weighted by Gasteiger charge is 2.26. The minimum atomic E-state index is -3.49. The summed E-state index contributed by atoms with van der Waals surface area (Å²) in [5.41, 5.74) is 1.81. The number of nitrogens with one attached hydrogen (secondary N) is 1. The molecule has 0 saturated carbocycles. The molecule has 1 fully saturated rings. The largest absolute Gasteiger partial charge is 0.337 e. The number of rotatable bonds is 5. The van der Waals surface area contributed by atoms with Crippen LogP contribution in [-0.4, -0.2) is 71.6 Å². The minimum absolute atomic E-state index is 0.0833. The molecule has 0 unspecified atom stereocenters. The third-order valence-corrected chi connectivity index (χ3v) is 7.24. The molecule has 0 spiro atoms. The van der Waals surface area contributed by atoms with Gasteiger partial charge in [-0.2, -0.15) is 0 Å². The van der Waals surface area contributed by atoms with Gasteiger partial charge in [0, 0.05) is 43.6 Å². The molecule has 1 saturated heterocycles. The van der Waals surface area contributed by atoms with Crippen LogP contribution >= 0.6 is 11.8 Å². The Hall–Kier alpha value is -2.24. The summed E-state index contributed by atoms with van der Waals surface area (Å²) in [7, 11) is -3.49. The van der Waals surface area contributed by atoms with Crippen molar-refractivity contribution in [1.29, 1.82) is 0 Å². The lowest BCUT2D eigenvalue weighted by Crippen LogP contribution is -2.41. The Morgan fingerprint density at radius 3 is 2.83 bits per heavy atom. The maximum atomic E-state index is 14.5. The van der Waals surface area contributed by atoms with Gasteiger partial charge in [-0.15, -0.1) is 11.8 Å². The molecule has 4 rings (SSSR count). The molecule has 0 radical (unpaired) electrons. The van der Waals surface area contributed by atoms with Gasteiger partial charge in [0.05, 0.1) is 28.7 Å². The van der Waals surface area contributed by atoms with Crippen LogP contribution in [-0.2, 0) is 27.6 Å². The Bertz CT molecular complexity index is 1070. The van der Waals surface area contributed by atoms with Gasteiger partial charge in [0.25, 0.3) is 0 Å². The molecule has 1 amide bonds. The Labute approximate surface area is 178 Å². The van der Waals surface area contributed by atoms with Crippen LogP contribution in [0.15, 0.2) is 29.4 Å². The lowest BCUT2D eigenvalue weighted by atomic mass is 10.1. The van der Waals surface area contributed by atoms with E-state index < -0.39 is 15.7 Å². The van der Waals surface area contributed by atoms with Crippen molar-refractivity contribution in [2.75, 3.05) is 42.8 Å². The van der Waals surface area contributed by atoms with E-state index >= 15 is 0 Å². The van der Waals surface area contributed by atoms with Gasteiger partial charge in [0.2, 0.25) is 5.91 Å². The highest BCUT2D eigenvalue weighted by molar-refractivity contribution is 7.99. The molecule has 11 heteroatoms. The molecule has 1 N–H and O–H groups in total. The zero-order chi connectivity index (χ0) is 21.3. The van der Waals surface area contributed by atoms with E-state index in [0.717, 1.165) is 41.8 Å². The topological polar surface area (TPSA) is 95.5 Å². The number of anilines is 2. The average Bonchev–Trinajstić information content (AvgIpc) is 3.24. The average molecular weight is 452 g/mol. The molecule has 0 bridgehead atoms.